The second-order valence-corrected chi connectivity index (χ2v) is 7.92. The van der Waals surface area contributed by atoms with Crippen LogP contribution in [0.1, 0.15) is 24.0 Å². The van der Waals surface area contributed by atoms with Crippen LogP contribution in [0.15, 0.2) is 6.07 Å². The van der Waals surface area contributed by atoms with Crippen molar-refractivity contribution >= 4 is 22.4 Å². The maximum Gasteiger partial charge on any atom is 0.417 e. The van der Waals surface area contributed by atoms with Crippen LogP contribution in [0, 0.1) is 18.6 Å². The Morgan fingerprint density at radius 2 is 1.80 bits per heavy atom. The molecule has 3 aromatic rings. The number of anilines is 2. The second-order valence-electron chi connectivity index (χ2n) is 7.92. The smallest absolute Gasteiger partial charge is 0.417 e. The molecule has 4 N–H and O–H groups in total. The van der Waals surface area contributed by atoms with Crippen LogP contribution >= 0.6 is 0 Å². The zero-order valence-electron chi connectivity index (χ0n) is 18.9. The van der Waals surface area contributed by atoms with Crippen molar-refractivity contribution in [1.29, 1.82) is 0 Å². The van der Waals surface area contributed by atoms with E-state index in [0.717, 1.165) is 19.9 Å². The number of halogens is 5. The average molecular weight is 498 g/mol. The molecule has 0 amide bonds. The van der Waals surface area contributed by atoms with Gasteiger partial charge in [-0.15, -0.1) is 0 Å². The monoisotopic (exact) mass is 498 g/mol. The lowest BCUT2D eigenvalue weighted by Crippen LogP contribution is -2.22. The van der Waals surface area contributed by atoms with Crippen molar-refractivity contribution in [3.63, 3.8) is 0 Å². The van der Waals surface area contributed by atoms with Gasteiger partial charge in [0.15, 0.2) is 5.82 Å². The Bertz CT molecular complexity index is 1270. The third-order valence-corrected chi connectivity index (χ3v) is 5.54. The van der Waals surface area contributed by atoms with Crippen molar-refractivity contribution < 1.29 is 31.4 Å². The van der Waals surface area contributed by atoms with Crippen molar-refractivity contribution in [2.24, 2.45) is 0 Å². The fourth-order valence-electron chi connectivity index (χ4n) is 3.90. The maximum absolute atomic E-state index is 15.9. The largest absolute Gasteiger partial charge is 0.477 e. The molecule has 0 saturated carbocycles. The molecule has 188 valence electrons. The summed E-state index contributed by atoms with van der Waals surface area (Å²) >= 11 is 0. The first-order valence-electron chi connectivity index (χ1n) is 10.8. The minimum Gasteiger partial charge on any atom is -0.477 e. The van der Waals surface area contributed by atoms with Crippen LogP contribution in [-0.2, 0) is 6.18 Å². The summed E-state index contributed by atoms with van der Waals surface area (Å²) in [6.07, 6.45) is -3.73. The summed E-state index contributed by atoms with van der Waals surface area (Å²) in [4.78, 5) is 12.4. The number of aromatic nitrogens is 3. The molecule has 4 rings (SSSR count). The summed E-state index contributed by atoms with van der Waals surface area (Å²) in [6, 6.07) is 0.504. The van der Waals surface area contributed by atoms with Crippen molar-refractivity contribution in [2.75, 3.05) is 44.4 Å². The fraction of sp³-hybridized carbons (Fsp3) is 0.409. The number of nitrogens with zero attached hydrogens (tertiary/aromatic N) is 3. The third kappa shape index (κ3) is 4.72. The zero-order chi connectivity index (χ0) is 25.3. The van der Waals surface area contributed by atoms with Crippen LogP contribution in [0.25, 0.3) is 22.2 Å². The summed E-state index contributed by atoms with van der Waals surface area (Å²) in [6.45, 7) is 2.88. The van der Waals surface area contributed by atoms with E-state index in [4.69, 9.17) is 15.2 Å². The van der Waals surface area contributed by atoms with Crippen molar-refractivity contribution in [2.45, 2.75) is 25.9 Å². The Balaban J connectivity index is 2.06. The Kier molecular flexibility index (Phi) is 6.79. The van der Waals surface area contributed by atoms with Crippen LogP contribution in [0.2, 0.25) is 0 Å². The quantitative estimate of drug-likeness (QED) is 0.359. The van der Waals surface area contributed by atoms with E-state index in [-0.39, 0.29) is 35.2 Å². The van der Waals surface area contributed by atoms with Crippen LogP contribution in [-0.4, -0.2) is 48.3 Å². The molecule has 1 aromatic carbocycles. The van der Waals surface area contributed by atoms with E-state index in [9.17, 15) is 17.6 Å². The van der Waals surface area contributed by atoms with Gasteiger partial charge >= 0.3 is 12.2 Å². The van der Waals surface area contributed by atoms with E-state index in [0.29, 0.717) is 25.6 Å². The number of hydrogen-bond donors (Lipinski definition) is 3. The van der Waals surface area contributed by atoms with Crippen molar-refractivity contribution in [3.05, 3.63) is 28.8 Å². The van der Waals surface area contributed by atoms with Crippen molar-refractivity contribution in [1.82, 2.24) is 20.3 Å². The predicted octanol–water partition coefficient (Wildman–Crippen LogP) is 4.06. The maximum atomic E-state index is 15.9. The molecule has 1 aliphatic rings. The van der Waals surface area contributed by atoms with E-state index < -0.39 is 45.9 Å². The number of alkyl halides is 3. The van der Waals surface area contributed by atoms with E-state index in [1.807, 2.05) is 0 Å². The van der Waals surface area contributed by atoms with Gasteiger partial charge in [0, 0.05) is 12.1 Å². The summed E-state index contributed by atoms with van der Waals surface area (Å²) in [5.41, 5.74) is 1.06. The zero-order valence-corrected chi connectivity index (χ0v) is 18.9. The predicted molar refractivity (Wildman–Crippen MR) is 119 cm³/mol. The first-order chi connectivity index (χ1) is 16.6. The first-order valence-corrected chi connectivity index (χ1v) is 10.8. The van der Waals surface area contributed by atoms with E-state index in [2.05, 4.69) is 25.6 Å². The summed E-state index contributed by atoms with van der Waals surface area (Å²) in [7, 11) is 1.27. The molecule has 0 aliphatic carbocycles. The SMILES string of the molecule is COc1nc2c3c(nc(-c4cc(N)c(F)c(C)c4C(F)(F)F)c(F)c3n1)OCCCNCCCN2. The molecule has 0 spiro atoms. The molecular formula is C22H23F5N6O2. The highest BCUT2D eigenvalue weighted by atomic mass is 19.4. The van der Waals surface area contributed by atoms with Gasteiger partial charge in [-0.3, -0.25) is 0 Å². The van der Waals surface area contributed by atoms with Crippen LogP contribution in [0.4, 0.5) is 33.5 Å². The van der Waals surface area contributed by atoms with Crippen molar-refractivity contribution in [3.8, 4) is 23.1 Å². The van der Waals surface area contributed by atoms with Crippen LogP contribution in [0.5, 0.6) is 11.9 Å². The molecule has 35 heavy (non-hydrogen) atoms. The number of ether oxygens (including phenoxy) is 2. The molecule has 0 atom stereocenters. The van der Waals surface area contributed by atoms with Gasteiger partial charge in [0.1, 0.15) is 28.2 Å². The number of nitrogens with two attached hydrogens (primary N) is 1. The Morgan fingerprint density at radius 1 is 1.06 bits per heavy atom. The third-order valence-electron chi connectivity index (χ3n) is 5.54. The normalized spacial score (nSPS) is 15.1. The van der Waals surface area contributed by atoms with Gasteiger partial charge in [-0.25, -0.2) is 13.8 Å². The molecule has 13 heteroatoms. The number of methoxy groups -OCH3 is 1. The molecule has 0 unspecified atom stereocenters. The van der Waals surface area contributed by atoms with Crippen LogP contribution < -0.4 is 25.8 Å². The van der Waals surface area contributed by atoms with E-state index in [1.54, 1.807) is 0 Å². The number of nitrogens with one attached hydrogen (secondary N) is 2. The standard InChI is InChI=1S/C22H23F5N6O2/c1-10-14(22(25,26)27)11(9-12(28)15(10)23)17-16(24)18-13-19(33-21(32-18)34-2)30-7-3-5-29-6-4-8-35-20(13)31-17/h9,29H,3-8,28H2,1-2H3,(H,30,32,33). The number of pyridine rings is 1. The fourth-order valence-corrected chi connectivity index (χ4v) is 3.90. The number of hydrogen-bond acceptors (Lipinski definition) is 8. The second kappa shape index (κ2) is 9.64. The molecule has 0 bridgehead atoms. The molecule has 8 nitrogen and oxygen atoms in total. The highest BCUT2D eigenvalue weighted by molar-refractivity contribution is 5.96. The first kappa shape index (κ1) is 24.6. The van der Waals surface area contributed by atoms with Gasteiger partial charge in [0.05, 0.1) is 25.0 Å². The Morgan fingerprint density at radius 3 is 2.51 bits per heavy atom. The molecule has 2 aromatic heterocycles. The van der Waals surface area contributed by atoms with Gasteiger partial charge in [-0.05, 0) is 44.5 Å². The minimum atomic E-state index is -5.02. The lowest BCUT2D eigenvalue weighted by Gasteiger charge is -2.20. The van der Waals surface area contributed by atoms with Gasteiger partial charge in [-0.2, -0.15) is 23.1 Å². The highest BCUT2D eigenvalue weighted by Crippen LogP contribution is 2.44. The Hall–Kier alpha value is -3.48. The van der Waals surface area contributed by atoms with Crippen LogP contribution in [0.3, 0.4) is 0 Å². The number of nitrogen functional groups attached to an aromatic ring is 1. The number of benzene rings is 1. The van der Waals surface area contributed by atoms with E-state index in [1.165, 1.54) is 7.11 Å². The minimum absolute atomic E-state index is 0.0564. The molecule has 0 saturated heterocycles. The molecule has 0 radical (unpaired) electrons. The molecule has 3 heterocycles. The van der Waals surface area contributed by atoms with Gasteiger partial charge in [0.2, 0.25) is 5.88 Å². The van der Waals surface area contributed by atoms with E-state index >= 15 is 4.39 Å². The molecule has 1 aliphatic heterocycles. The topological polar surface area (TPSA) is 107 Å². The molecule has 0 fully saturated rings. The molecular weight excluding hydrogens is 475 g/mol. The number of rotatable bonds is 2. The summed E-state index contributed by atoms with van der Waals surface area (Å²) < 4.78 is 83.0. The summed E-state index contributed by atoms with van der Waals surface area (Å²) in [5, 5.41) is 6.35. The lowest BCUT2D eigenvalue weighted by molar-refractivity contribution is -0.137. The Labute approximate surface area is 197 Å². The summed E-state index contributed by atoms with van der Waals surface area (Å²) in [5.74, 6) is -2.43. The van der Waals surface area contributed by atoms with Gasteiger partial charge in [0.25, 0.3) is 0 Å². The lowest BCUT2D eigenvalue weighted by atomic mass is 9.96. The van der Waals surface area contributed by atoms with Gasteiger partial charge < -0.3 is 25.8 Å². The highest BCUT2D eigenvalue weighted by Gasteiger charge is 2.39. The van der Waals surface area contributed by atoms with Gasteiger partial charge in [-0.1, -0.05) is 0 Å². The average Bonchev–Trinajstić information content (AvgIpc) is 2.80.